The number of ether oxygens (including phenoxy) is 2. The van der Waals surface area contributed by atoms with Gasteiger partial charge >= 0.3 is 7.82 Å². The minimum absolute atomic E-state index is 0.00475. The highest BCUT2D eigenvalue weighted by atomic mass is 31.2. The van der Waals surface area contributed by atoms with E-state index < -0.39 is 19.0 Å². The van der Waals surface area contributed by atoms with Crippen LogP contribution in [0.25, 0.3) is 0 Å². The second-order valence-corrected chi connectivity index (χ2v) is 16.2. The standard InChI is InChI=1S/C38H60NO7P/c1-9-10-11-12-13-14-15-16-25-43-33-19-17-18-31(27-33)34-28-35(34)36(40)39(29-30-20-22-32(42-8)23-21-30)24-26-44-47(41,45-37(2,3)4)46-38(5,6)7/h17-23,27,34-35H,9-16,24-26,28-29H2,1-8H3/t34-,35+/m0/s1. The molecule has 1 aliphatic carbocycles. The number of phosphoric acid groups is 1. The molecule has 2 atom stereocenters. The maximum Gasteiger partial charge on any atom is 0.475 e. The summed E-state index contributed by atoms with van der Waals surface area (Å²) in [5.74, 6) is 1.65. The summed E-state index contributed by atoms with van der Waals surface area (Å²) >= 11 is 0. The lowest BCUT2D eigenvalue weighted by molar-refractivity contribution is -0.134. The van der Waals surface area contributed by atoms with Crippen LogP contribution in [0.2, 0.25) is 0 Å². The molecular weight excluding hydrogens is 613 g/mol. The smallest absolute Gasteiger partial charge is 0.475 e. The van der Waals surface area contributed by atoms with Crippen molar-refractivity contribution in [2.75, 3.05) is 26.9 Å². The van der Waals surface area contributed by atoms with Crippen molar-refractivity contribution in [2.24, 2.45) is 5.92 Å². The normalized spacial score (nSPS) is 16.6. The van der Waals surface area contributed by atoms with Crippen LogP contribution in [0.4, 0.5) is 0 Å². The topological polar surface area (TPSA) is 83.5 Å². The Hall–Kier alpha value is -2.38. The molecule has 0 aliphatic heterocycles. The van der Waals surface area contributed by atoms with Gasteiger partial charge in [0.1, 0.15) is 11.5 Å². The molecule has 2 aromatic carbocycles. The highest BCUT2D eigenvalue weighted by Crippen LogP contribution is 2.55. The zero-order valence-electron chi connectivity index (χ0n) is 30.2. The van der Waals surface area contributed by atoms with Crippen LogP contribution in [-0.2, 0) is 29.5 Å². The summed E-state index contributed by atoms with van der Waals surface area (Å²) in [4.78, 5) is 15.7. The fourth-order valence-electron chi connectivity index (χ4n) is 5.56. The Morgan fingerprint density at radius 3 is 2.04 bits per heavy atom. The van der Waals surface area contributed by atoms with Crippen molar-refractivity contribution >= 4 is 13.7 Å². The summed E-state index contributed by atoms with van der Waals surface area (Å²) < 4.78 is 42.4. The predicted molar refractivity (Wildman–Crippen MR) is 189 cm³/mol. The van der Waals surface area contributed by atoms with Crippen LogP contribution < -0.4 is 9.47 Å². The van der Waals surface area contributed by atoms with Crippen LogP contribution in [0, 0.1) is 5.92 Å². The van der Waals surface area contributed by atoms with E-state index in [4.69, 9.17) is 23.0 Å². The third-order valence-electron chi connectivity index (χ3n) is 7.89. The van der Waals surface area contributed by atoms with Crippen molar-refractivity contribution in [1.82, 2.24) is 4.90 Å². The molecular formula is C38H60NO7P. The second-order valence-electron chi connectivity index (χ2n) is 14.6. The molecule has 0 radical (unpaired) electrons. The summed E-state index contributed by atoms with van der Waals surface area (Å²) in [7, 11) is -2.28. The number of benzene rings is 2. The third kappa shape index (κ3) is 14.7. The molecule has 0 unspecified atom stereocenters. The minimum atomic E-state index is -3.91. The van der Waals surface area contributed by atoms with Gasteiger partial charge in [-0.25, -0.2) is 4.57 Å². The lowest BCUT2D eigenvalue weighted by atomic mass is 10.1. The fraction of sp³-hybridized carbons (Fsp3) is 0.658. The van der Waals surface area contributed by atoms with Crippen LogP contribution in [0.5, 0.6) is 11.5 Å². The van der Waals surface area contributed by atoms with Gasteiger partial charge in [0, 0.05) is 19.0 Å². The number of rotatable bonds is 21. The molecule has 0 N–H and O–H groups in total. The van der Waals surface area contributed by atoms with E-state index in [0.717, 1.165) is 35.5 Å². The number of unbranched alkanes of at least 4 members (excludes halogenated alkanes) is 7. The highest BCUT2D eigenvalue weighted by molar-refractivity contribution is 7.48. The Balaban J connectivity index is 1.61. The molecule has 1 aliphatic rings. The molecule has 1 amide bonds. The average Bonchev–Trinajstić information content (AvgIpc) is 3.79. The maximum atomic E-state index is 14.0. The van der Waals surface area contributed by atoms with Crippen LogP contribution in [-0.4, -0.2) is 48.9 Å². The zero-order chi connectivity index (χ0) is 34.5. The van der Waals surface area contributed by atoms with Gasteiger partial charge in [-0.2, -0.15) is 0 Å². The quantitative estimate of drug-likeness (QED) is 0.0963. The Morgan fingerprint density at radius 2 is 1.45 bits per heavy atom. The first kappa shape index (κ1) is 39.1. The Bertz CT molecular complexity index is 1250. The zero-order valence-corrected chi connectivity index (χ0v) is 31.1. The van der Waals surface area contributed by atoms with Gasteiger partial charge in [-0.1, -0.05) is 76.1 Å². The van der Waals surface area contributed by atoms with Crippen molar-refractivity contribution in [3.8, 4) is 11.5 Å². The number of amides is 1. The van der Waals surface area contributed by atoms with Crippen molar-refractivity contribution < 1.29 is 32.4 Å². The third-order valence-corrected chi connectivity index (χ3v) is 9.93. The molecule has 1 saturated carbocycles. The number of hydrogen-bond acceptors (Lipinski definition) is 7. The van der Waals surface area contributed by atoms with E-state index >= 15 is 0 Å². The van der Waals surface area contributed by atoms with Gasteiger partial charge in [-0.05, 0) is 95.7 Å². The predicted octanol–water partition coefficient (Wildman–Crippen LogP) is 10.1. The van der Waals surface area contributed by atoms with Gasteiger partial charge in [0.05, 0.1) is 31.5 Å². The van der Waals surface area contributed by atoms with Gasteiger partial charge in [0.25, 0.3) is 0 Å². The van der Waals surface area contributed by atoms with Crippen molar-refractivity contribution in [3.63, 3.8) is 0 Å². The van der Waals surface area contributed by atoms with Crippen LogP contribution >= 0.6 is 7.82 Å². The molecule has 264 valence electrons. The van der Waals surface area contributed by atoms with E-state index in [9.17, 15) is 9.36 Å². The van der Waals surface area contributed by atoms with Gasteiger partial charge < -0.3 is 14.4 Å². The van der Waals surface area contributed by atoms with Crippen molar-refractivity contribution in [3.05, 3.63) is 59.7 Å². The van der Waals surface area contributed by atoms with Gasteiger partial charge in [0.15, 0.2) is 0 Å². The summed E-state index contributed by atoms with van der Waals surface area (Å²) in [5.41, 5.74) is 0.603. The van der Waals surface area contributed by atoms with Crippen LogP contribution in [0.15, 0.2) is 48.5 Å². The monoisotopic (exact) mass is 673 g/mol. The van der Waals surface area contributed by atoms with E-state index in [1.165, 1.54) is 44.9 Å². The Morgan fingerprint density at radius 1 is 0.830 bits per heavy atom. The second kappa shape index (κ2) is 18.4. The average molecular weight is 674 g/mol. The Kier molecular flexibility index (Phi) is 15.3. The van der Waals surface area contributed by atoms with E-state index in [1.54, 1.807) is 53.6 Å². The first-order chi connectivity index (χ1) is 22.2. The van der Waals surface area contributed by atoms with E-state index in [1.807, 2.05) is 36.4 Å². The largest absolute Gasteiger partial charge is 0.497 e. The highest BCUT2D eigenvalue weighted by Gasteiger charge is 2.46. The molecule has 0 bridgehead atoms. The van der Waals surface area contributed by atoms with Gasteiger partial charge in [0.2, 0.25) is 5.91 Å². The summed E-state index contributed by atoms with van der Waals surface area (Å²) in [6.45, 7) is 14.4. The lowest BCUT2D eigenvalue weighted by Gasteiger charge is -2.31. The molecule has 1 fully saturated rings. The molecule has 8 nitrogen and oxygen atoms in total. The first-order valence-corrected chi connectivity index (χ1v) is 19.0. The number of carbonyl (C=O) groups is 1. The molecule has 0 spiro atoms. The summed E-state index contributed by atoms with van der Waals surface area (Å²) in [5, 5.41) is 0. The molecule has 2 aromatic rings. The van der Waals surface area contributed by atoms with Crippen molar-refractivity contribution in [2.45, 2.75) is 130 Å². The lowest BCUT2D eigenvalue weighted by Crippen LogP contribution is -2.35. The number of carbonyl (C=O) groups excluding carboxylic acids is 1. The molecule has 3 rings (SSSR count). The Labute approximate surface area is 284 Å². The number of nitrogens with zero attached hydrogens (tertiary/aromatic N) is 1. The number of phosphoric ester groups is 1. The minimum Gasteiger partial charge on any atom is -0.497 e. The van der Waals surface area contributed by atoms with E-state index in [-0.39, 0.29) is 30.9 Å². The van der Waals surface area contributed by atoms with Crippen LogP contribution in [0.3, 0.4) is 0 Å². The SMILES string of the molecule is CCCCCCCCCCOc1cccc([C@@H]2C[C@H]2C(=O)N(CCOP(=O)(OC(C)(C)C)OC(C)(C)C)Cc2ccc(OC)cc2)c1. The summed E-state index contributed by atoms with van der Waals surface area (Å²) in [6, 6.07) is 15.9. The molecule has 9 heteroatoms. The van der Waals surface area contributed by atoms with Crippen molar-refractivity contribution in [1.29, 1.82) is 0 Å². The van der Waals surface area contributed by atoms with Gasteiger partial charge in [-0.15, -0.1) is 0 Å². The van der Waals surface area contributed by atoms with Crippen LogP contribution in [0.1, 0.15) is 123 Å². The molecule has 0 heterocycles. The van der Waals surface area contributed by atoms with E-state index in [0.29, 0.717) is 13.2 Å². The maximum absolute atomic E-state index is 14.0. The fourth-order valence-corrected chi connectivity index (χ4v) is 7.34. The van der Waals surface area contributed by atoms with Gasteiger partial charge in [-0.3, -0.25) is 18.4 Å². The van der Waals surface area contributed by atoms with E-state index in [2.05, 4.69) is 19.1 Å². The number of hydrogen-bond donors (Lipinski definition) is 0. The number of methoxy groups -OCH3 is 1. The molecule has 0 saturated heterocycles. The molecule has 47 heavy (non-hydrogen) atoms. The first-order valence-electron chi connectivity index (χ1n) is 17.5. The summed E-state index contributed by atoms with van der Waals surface area (Å²) in [6.07, 6.45) is 10.9. The molecule has 0 aromatic heterocycles.